The predicted octanol–water partition coefficient (Wildman–Crippen LogP) is 9.23. The zero-order valence-electron chi connectivity index (χ0n) is 25.7. The van der Waals surface area contributed by atoms with Crippen LogP contribution in [-0.2, 0) is 0 Å². The summed E-state index contributed by atoms with van der Waals surface area (Å²) in [4.78, 5) is 0. The highest BCUT2D eigenvalue weighted by molar-refractivity contribution is 6.10. The molecule has 0 spiro atoms. The van der Waals surface area contributed by atoms with Gasteiger partial charge in [-0.05, 0) is 79.1 Å². The highest BCUT2D eigenvalue weighted by Crippen LogP contribution is 2.35. The van der Waals surface area contributed by atoms with Crippen LogP contribution in [0.15, 0.2) is 152 Å². The first-order valence-corrected chi connectivity index (χ1v) is 16.0. The van der Waals surface area contributed by atoms with Crippen LogP contribution < -0.4 is 15.9 Å². The van der Waals surface area contributed by atoms with Crippen LogP contribution in [0.25, 0.3) is 67.4 Å². The Kier molecular flexibility index (Phi) is 6.01. The molecule has 0 bridgehead atoms. The van der Waals surface area contributed by atoms with Gasteiger partial charge in [0, 0.05) is 38.4 Å². The van der Waals surface area contributed by atoms with Crippen molar-refractivity contribution in [3.63, 3.8) is 0 Å². The summed E-state index contributed by atoms with van der Waals surface area (Å²) < 4.78 is 4.80. The summed E-state index contributed by atoms with van der Waals surface area (Å²) in [6.07, 6.45) is 5.73. The summed E-state index contributed by atoms with van der Waals surface area (Å²) in [5.41, 5.74) is 9.26. The molecule has 8 aromatic rings. The van der Waals surface area contributed by atoms with Crippen LogP contribution in [0.1, 0.15) is 13.3 Å². The van der Waals surface area contributed by atoms with Gasteiger partial charge >= 0.3 is 0 Å². The summed E-state index contributed by atoms with van der Waals surface area (Å²) >= 11 is 0. The highest BCUT2D eigenvalue weighted by Gasteiger charge is 2.25. The smallest absolute Gasteiger partial charge is 0.0585 e. The number of nitrogens with zero attached hydrogens (tertiary/aromatic N) is 2. The number of hydrogen-bond donors (Lipinski definition) is 1. The average molecular weight is 592 g/mol. The Morgan fingerprint density at radius 3 is 1.87 bits per heavy atom. The van der Waals surface area contributed by atoms with E-state index in [1.807, 2.05) is 0 Å². The second-order valence-corrected chi connectivity index (χ2v) is 12.6. The summed E-state index contributed by atoms with van der Waals surface area (Å²) in [7, 11) is 0. The number of para-hydroxylation sites is 3. The third-order valence-corrected chi connectivity index (χ3v) is 9.49. The summed E-state index contributed by atoms with van der Waals surface area (Å²) in [5.74, 6) is 0. The van der Waals surface area contributed by atoms with Gasteiger partial charge in [0.2, 0.25) is 0 Å². The standard InChI is InChI=1S/C43H33N3/c1-43(27-26-38-36-17-9-11-19-40(36)46(42(38)29-43)33-14-6-3-7-15-33)44-32-22-25-37-35-16-8-10-18-39(35)45(41(37)28-32)34-23-20-31(21-24-34)30-12-4-2-5-13-30/h2-26,28-29,44H,27H2,1H3. The minimum Gasteiger partial charge on any atom is -0.376 e. The van der Waals surface area contributed by atoms with E-state index in [1.54, 1.807) is 0 Å². The van der Waals surface area contributed by atoms with E-state index in [-0.39, 0.29) is 5.54 Å². The van der Waals surface area contributed by atoms with Crippen LogP contribution in [0.4, 0.5) is 5.69 Å². The SMILES string of the molecule is CC1(Nc2ccc3c4ccccc4n(-c4ccc(-c5ccccc5)cc4)c3c2)C=c2c(c3ccccc3n2-c2ccccc2)=CC1. The molecular formula is C43H33N3. The molecule has 1 aliphatic carbocycles. The third-order valence-electron chi connectivity index (χ3n) is 9.49. The lowest BCUT2D eigenvalue weighted by Gasteiger charge is -2.29. The summed E-state index contributed by atoms with van der Waals surface area (Å²) in [6.45, 7) is 2.31. The molecule has 1 unspecified atom stereocenters. The van der Waals surface area contributed by atoms with E-state index in [9.17, 15) is 0 Å². The maximum Gasteiger partial charge on any atom is 0.0585 e. The molecule has 0 saturated heterocycles. The fraction of sp³-hybridized carbons (Fsp3) is 0.0698. The van der Waals surface area contributed by atoms with Crippen LogP contribution in [0.2, 0.25) is 0 Å². The van der Waals surface area contributed by atoms with E-state index in [2.05, 4.69) is 185 Å². The molecule has 3 nitrogen and oxygen atoms in total. The second-order valence-electron chi connectivity index (χ2n) is 12.6. The van der Waals surface area contributed by atoms with E-state index in [4.69, 9.17) is 0 Å². The van der Waals surface area contributed by atoms with Gasteiger partial charge in [-0.2, -0.15) is 0 Å². The van der Waals surface area contributed by atoms with Crippen LogP contribution >= 0.6 is 0 Å². The molecule has 0 aliphatic heterocycles. The molecule has 0 radical (unpaired) electrons. The first kappa shape index (κ1) is 26.6. The lowest BCUT2D eigenvalue weighted by molar-refractivity contribution is 0.690. The lowest BCUT2D eigenvalue weighted by Crippen LogP contribution is -2.42. The van der Waals surface area contributed by atoms with Gasteiger partial charge in [0.05, 0.1) is 27.4 Å². The highest BCUT2D eigenvalue weighted by atomic mass is 15.0. The minimum absolute atomic E-state index is 0.268. The molecule has 220 valence electrons. The normalized spacial score (nSPS) is 15.8. The Morgan fingerprint density at radius 2 is 1.11 bits per heavy atom. The van der Waals surface area contributed by atoms with E-state index >= 15 is 0 Å². The Labute approximate surface area is 268 Å². The molecule has 0 amide bonds. The molecule has 9 rings (SSSR count). The summed E-state index contributed by atoms with van der Waals surface area (Å²) in [5, 5.41) is 10.3. The van der Waals surface area contributed by atoms with Crippen LogP contribution in [0.3, 0.4) is 0 Å². The molecule has 1 atom stereocenters. The van der Waals surface area contributed by atoms with Crippen LogP contribution in [0, 0.1) is 0 Å². The molecular weight excluding hydrogens is 558 g/mol. The molecule has 1 N–H and O–H groups in total. The number of aromatic nitrogens is 2. The number of benzene rings is 6. The molecule has 46 heavy (non-hydrogen) atoms. The molecule has 2 heterocycles. The van der Waals surface area contributed by atoms with Crippen molar-refractivity contribution in [3.8, 4) is 22.5 Å². The maximum absolute atomic E-state index is 3.95. The number of fused-ring (bicyclic) bond motifs is 6. The molecule has 2 aromatic heterocycles. The van der Waals surface area contributed by atoms with Gasteiger partial charge in [0.15, 0.2) is 0 Å². The van der Waals surface area contributed by atoms with E-state index in [0.29, 0.717) is 0 Å². The summed E-state index contributed by atoms with van der Waals surface area (Å²) in [6, 6.07) is 54.5. The van der Waals surface area contributed by atoms with Gasteiger partial charge < -0.3 is 14.5 Å². The number of nitrogens with one attached hydrogen (secondary N) is 1. The van der Waals surface area contributed by atoms with Gasteiger partial charge in [-0.25, -0.2) is 0 Å². The monoisotopic (exact) mass is 591 g/mol. The van der Waals surface area contributed by atoms with Crippen LogP contribution in [0.5, 0.6) is 0 Å². The minimum atomic E-state index is -0.268. The molecule has 0 saturated carbocycles. The van der Waals surface area contributed by atoms with Gasteiger partial charge in [0.1, 0.15) is 0 Å². The van der Waals surface area contributed by atoms with Crippen LogP contribution in [-0.4, -0.2) is 14.7 Å². The predicted molar refractivity (Wildman–Crippen MR) is 194 cm³/mol. The zero-order valence-corrected chi connectivity index (χ0v) is 25.7. The fourth-order valence-electron chi connectivity index (χ4n) is 7.35. The molecule has 1 aliphatic rings. The Hall–Kier alpha value is -5.80. The average Bonchev–Trinajstić information content (AvgIpc) is 3.60. The molecule has 0 fully saturated rings. The Balaban J connectivity index is 1.16. The van der Waals surface area contributed by atoms with E-state index in [0.717, 1.165) is 17.8 Å². The lowest BCUT2D eigenvalue weighted by atomic mass is 9.92. The second kappa shape index (κ2) is 10.4. The number of rotatable bonds is 5. The molecule has 6 aromatic carbocycles. The van der Waals surface area contributed by atoms with Crippen molar-refractivity contribution < 1.29 is 0 Å². The quantitative estimate of drug-likeness (QED) is 0.212. The first-order valence-electron chi connectivity index (χ1n) is 16.0. The van der Waals surface area contributed by atoms with Gasteiger partial charge in [-0.3, -0.25) is 0 Å². The van der Waals surface area contributed by atoms with Crippen molar-refractivity contribution >= 4 is 50.5 Å². The maximum atomic E-state index is 3.95. The largest absolute Gasteiger partial charge is 0.376 e. The molecule has 3 heteroatoms. The van der Waals surface area contributed by atoms with Gasteiger partial charge in [-0.15, -0.1) is 0 Å². The first-order chi connectivity index (χ1) is 22.7. The third kappa shape index (κ3) is 4.28. The van der Waals surface area contributed by atoms with E-state index in [1.165, 1.54) is 60.1 Å². The van der Waals surface area contributed by atoms with Crippen molar-refractivity contribution in [2.75, 3.05) is 5.32 Å². The van der Waals surface area contributed by atoms with Crippen molar-refractivity contribution in [2.45, 2.75) is 18.9 Å². The zero-order chi connectivity index (χ0) is 30.7. The van der Waals surface area contributed by atoms with Crippen molar-refractivity contribution in [1.82, 2.24) is 9.13 Å². The van der Waals surface area contributed by atoms with E-state index < -0.39 is 0 Å². The Morgan fingerprint density at radius 1 is 0.522 bits per heavy atom. The van der Waals surface area contributed by atoms with Gasteiger partial charge in [-0.1, -0.05) is 109 Å². The topological polar surface area (TPSA) is 21.9 Å². The van der Waals surface area contributed by atoms with Crippen molar-refractivity contribution in [1.29, 1.82) is 0 Å². The van der Waals surface area contributed by atoms with Crippen molar-refractivity contribution in [2.24, 2.45) is 0 Å². The van der Waals surface area contributed by atoms with Crippen molar-refractivity contribution in [3.05, 3.63) is 162 Å². The number of anilines is 1. The fourth-order valence-corrected chi connectivity index (χ4v) is 7.35. The number of hydrogen-bond acceptors (Lipinski definition) is 1. The Bertz CT molecular complexity index is 2520. The van der Waals surface area contributed by atoms with Gasteiger partial charge in [0.25, 0.3) is 0 Å².